The molecule has 1 N–H and O–H groups in total. The monoisotopic (exact) mass is 292 g/mol. The lowest BCUT2D eigenvalue weighted by atomic mass is 10.2. The number of aromatic nitrogens is 1. The van der Waals surface area contributed by atoms with Gasteiger partial charge >= 0.3 is 0 Å². The van der Waals surface area contributed by atoms with Crippen LogP contribution in [0.1, 0.15) is 24.3 Å². The highest BCUT2D eigenvalue weighted by Gasteiger charge is 2.30. The summed E-state index contributed by atoms with van der Waals surface area (Å²) in [7, 11) is 2.02. The molecule has 1 fully saturated rings. The van der Waals surface area contributed by atoms with Crippen LogP contribution in [-0.4, -0.2) is 34.7 Å². The zero-order valence-corrected chi connectivity index (χ0v) is 12.7. The van der Waals surface area contributed by atoms with Crippen LogP contribution < -0.4 is 0 Å². The molecule has 2 heterocycles. The Kier molecular flexibility index (Phi) is 3.92. The second kappa shape index (κ2) is 5.68. The van der Waals surface area contributed by atoms with E-state index in [1.54, 1.807) is 11.3 Å². The van der Waals surface area contributed by atoms with E-state index in [4.69, 9.17) is 4.42 Å². The van der Waals surface area contributed by atoms with Crippen LogP contribution in [0.15, 0.2) is 21.2 Å². The van der Waals surface area contributed by atoms with Gasteiger partial charge in [-0.15, -0.1) is 0 Å². The molecule has 2 aromatic rings. The Labute approximate surface area is 123 Å². The van der Waals surface area contributed by atoms with Gasteiger partial charge in [0.15, 0.2) is 0 Å². The van der Waals surface area contributed by atoms with Crippen molar-refractivity contribution in [2.75, 3.05) is 13.6 Å². The Bertz CT molecular complexity index is 560. The Morgan fingerprint density at radius 1 is 1.55 bits per heavy atom. The number of aliphatic hydroxyl groups is 1. The molecule has 0 radical (unpaired) electrons. The molecule has 2 aromatic heterocycles. The molecule has 0 aromatic carbocycles. The van der Waals surface area contributed by atoms with Gasteiger partial charge in [0.05, 0.1) is 11.8 Å². The predicted molar refractivity (Wildman–Crippen MR) is 79.6 cm³/mol. The molecule has 1 aliphatic rings. The molecular formula is C15H20N2O2S. The quantitative estimate of drug-likeness (QED) is 0.889. The van der Waals surface area contributed by atoms with E-state index < -0.39 is 0 Å². The molecule has 1 aliphatic carbocycles. The maximum absolute atomic E-state index is 9.98. The number of likely N-dealkylation sites (N-methyl/N-ethyl adjacent to an activating group) is 1. The first-order chi connectivity index (χ1) is 9.63. The van der Waals surface area contributed by atoms with Crippen molar-refractivity contribution in [1.29, 1.82) is 0 Å². The van der Waals surface area contributed by atoms with Crippen LogP contribution in [0, 0.1) is 12.8 Å². The van der Waals surface area contributed by atoms with E-state index in [-0.39, 0.29) is 6.10 Å². The first kappa shape index (κ1) is 13.8. The number of nitrogens with zero attached hydrogens (tertiary/aromatic N) is 2. The van der Waals surface area contributed by atoms with E-state index in [1.807, 2.05) is 30.8 Å². The third kappa shape index (κ3) is 3.11. The van der Waals surface area contributed by atoms with Gasteiger partial charge in [-0.1, -0.05) is 0 Å². The molecular weight excluding hydrogens is 272 g/mol. The van der Waals surface area contributed by atoms with E-state index in [0.717, 1.165) is 17.0 Å². The average molecular weight is 292 g/mol. The molecule has 20 heavy (non-hydrogen) atoms. The molecule has 0 bridgehead atoms. The minimum absolute atomic E-state index is 0.205. The summed E-state index contributed by atoms with van der Waals surface area (Å²) in [6, 6.07) is 2.01. The molecule has 0 saturated heterocycles. The fourth-order valence-corrected chi connectivity index (χ4v) is 2.98. The SMILES string of the molecule is Cc1oc(-c2ccsc2)nc1CN(C)CC(O)C1CC1. The molecule has 0 aliphatic heterocycles. The van der Waals surface area contributed by atoms with Crippen molar-refractivity contribution in [3.05, 3.63) is 28.3 Å². The van der Waals surface area contributed by atoms with Gasteiger partial charge in [-0.05, 0) is 44.2 Å². The first-order valence-electron chi connectivity index (χ1n) is 6.99. The van der Waals surface area contributed by atoms with Gasteiger partial charge < -0.3 is 9.52 Å². The molecule has 1 saturated carbocycles. The third-order valence-electron chi connectivity index (χ3n) is 3.75. The van der Waals surface area contributed by atoms with Gasteiger partial charge in [0.1, 0.15) is 5.76 Å². The Morgan fingerprint density at radius 2 is 2.35 bits per heavy atom. The van der Waals surface area contributed by atoms with E-state index in [2.05, 4.69) is 9.88 Å². The first-order valence-corrected chi connectivity index (χ1v) is 7.93. The molecule has 1 atom stereocenters. The van der Waals surface area contributed by atoms with Crippen LogP contribution in [0.25, 0.3) is 11.5 Å². The summed E-state index contributed by atoms with van der Waals surface area (Å²) in [5.41, 5.74) is 1.99. The van der Waals surface area contributed by atoms with Crippen LogP contribution in [0.3, 0.4) is 0 Å². The maximum Gasteiger partial charge on any atom is 0.227 e. The van der Waals surface area contributed by atoms with Crippen molar-refractivity contribution in [3.8, 4) is 11.5 Å². The molecule has 3 rings (SSSR count). The van der Waals surface area contributed by atoms with Crippen molar-refractivity contribution < 1.29 is 9.52 Å². The summed E-state index contributed by atoms with van der Waals surface area (Å²) in [5, 5.41) is 14.0. The highest BCUT2D eigenvalue weighted by molar-refractivity contribution is 7.08. The van der Waals surface area contributed by atoms with Crippen molar-refractivity contribution in [1.82, 2.24) is 9.88 Å². The van der Waals surface area contributed by atoms with Gasteiger partial charge in [0.25, 0.3) is 0 Å². The Morgan fingerprint density at radius 3 is 3.00 bits per heavy atom. The minimum Gasteiger partial charge on any atom is -0.441 e. The van der Waals surface area contributed by atoms with Gasteiger partial charge in [-0.2, -0.15) is 11.3 Å². The second-order valence-electron chi connectivity index (χ2n) is 5.64. The summed E-state index contributed by atoms with van der Waals surface area (Å²) in [6.07, 6.45) is 2.13. The molecule has 1 unspecified atom stereocenters. The predicted octanol–water partition coefficient (Wildman–Crippen LogP) is 2.91. The van der Waals surface area contributed by atoms with E-state index >= 15 is 0 Å². The van der Waals surface area contributed by atoms with Crippen LogP contribution in [-0.2, 0) is 6.54 Å². The van der Waals surface area contributed by atoms with Gasteiger partial charge in [-0.3, -0.25) is 4.90 Å². The molecule has 0 spiro atoms. The number of rotatable bonds is 6. The van der Waals surface area contributed by atoms with Crippen molar-refractivity contribution in [2.24, 2.45) is 5.92 Å². The minimum atomic E-state index is -0.205. The normalized spacial score (nSPS) is 16.8. The van der Waals surface area contributed by atoms with Gasteiger partial charge in [0, 0.05) is 24.0 Å². The Balaban J connectivity index is 1.64. The zero-order chi connectivity index (χ0) is 14.1. The van der Waals surface area contributed by atoms with E-state index in [0.29, 0.717) is 24.9 Å². The van der Waals surface area contributed by atoms with Crippen LogP contribution in [0.2, 0.25) is 0 Å². The standard InChI is InChI=1S/C15H20N2O2S/c1-10-13(7-17(2)8-14(18)11-3-4-11)16-15(19-10)12-5-6-20-9-12/h5-6,9,11,14,18H,3-4,7-8H2,1-2H3. The lowest BCUT2D eigenvalue weighted by Crippen LogP contribution is -2.30. The number of hydrogen-bond acceptors (Lipinski definition) is 5. The topological polar surface area (TPSA) is 49.5 Å². The fraction of sp³-hybridized carbons (Fsp3) is 0.533. The Hall–Kier alpha value is -1.17. The highest BCUT2D eigenvalue weighted by Crippen LogP contribution is 2.33. The van der Waals surface area contributed by atoms with Crippen molar-refractivity contribution in [3.63, 3.8) is 0 Å². The van der Waals surface area contributed by atoms with E-state index in [1.165, 1.54) is 12.8 Å². The summed E-state index contributed by atoms with van der Waals surface area (Å²) in [5.74, 6) is 2.06. The number of aliphatic hydroxyl groups excluding tert-OH is 1. The largest absolute Gasteiger partial charge is 0.441 e. The molecule has 5 heteroatoms. The van der Waals surface area contributed by atoms with Crippen LogP contribution in [0.5, 0.6) is 0 Å². The number of oxazole rings is 1. The number of hydrogen-bond donors (Lipinski definition) is 1. The third-order valence-corrected chi connectivity index (χ3v) is 4.43. The smallest absolute Gasteiger partial charge is 0.227 e. The lowest BCUT2D eigenvalue weighted by molar-refractivity contribution is 0.103. The van der Waals surface area contributed by atoms with Crippen LogP contribution >= 0.6 is 11.3 Å². The summed E-state index contributed by atoms with van der Waals surface area (Å²) in [6.45, 7) is 3.36. The van der Waals surface area contributed by atoms with E-state index in [9.17, 15) is 5.11 Å². The fourth-order valence-electron chi connectivity index (χ4n) is 2.35. The zero-order valence-electron chi connectivity index (χ0n) is 11.9. The highest BCUT2D eigenvalue weighted by atomic mass is 32.1. The molecule has 108 valence electrons. The van der Waals surface area contributed by atoms with Crippen molar-refractivity contribution in [2.45, 2.75) is 32.4 Å². The van der Waals surface area contributed by atoms with Crippen molar-refractivity contribution >= 4 is 11.3 Å². The summed E-state index contributed by atoms with van der Waals surface area (Å²) < 4.78 is 5.73. The average Bonchev–Trinajstić information content (AvgIpc) is 3.00. The second-order valence-corrected chi connectivity index (χ2v) is 6.42. The summed E-state index contributed by atoms with van der Waals surface area (Å²) >= 11 is 1.64. The van der Waals surface area contributed by atoms with Gasteiger partial charge in [0.2, 0.25) is 5.89 Å². The maximum atomic E-state index is 9.98. The van der Waals surface area contributed by atoms with Crippen LogP contribution in [0.4, 0.5) is 0 Å². The number of thiophene rings is 1. The summed E-state index contributed by atoms with van der Waals surface area (Å²) in [4.78, 5) is 6.69. The number of aryl methyl sites for hydroxylation is 1. The molecule has 0 amide bonds. The lowest BCUT2D eigenvalue weighted by Gasteiger charge is -2.19. The molecule has 4 nitrogen and oxygen atoms in total. The van der Waals surface area contributed by atoms with Gasteiger partial charge in [-0.25, -0.2) is 4.98 Å².